The van der Waals surface area contributed by atoms with Crippen LogP contribution in [0.2, 0.25) is 5.02 Å². The van der Waals surface area contributed by atoms with Gasteiger partial charge in [-0.3, -0.25) is 14.3 Å². The Bertz CT molecular complexity index is 1240. The Balaban J connectivity index is 0.000000638. The van der Waals surface area contributed by atoms with Crippen LogP contribution in [0.4, 0.5) is 18.9 Å². The van der Waals surface area contributed by atoms with Gasteiger partial charge in [0, 0.05) is 35.4 Å². The van der Waals surface area contributed by atoms with Gasteiger partial charge >= 0.3 is 12.1 Å². The van der Waals surface area contributed by atoms with Crippen LogP contribution in [0.5, 0.6) is 0 Å². The fourth-order valence-electron chi connectivity index (χ4n) is 3.47. The summed E-state index contributed by atoms with van der Waals surface area (Å²) >= 11 is 5.81. The molecule has 1 saturated heterocycles. The lowest BCUT2D eigenvalue weighted by Crippen LogP contribution is -2.46. The van der Waals surface area contributed by atoms with Gasteiger partial charge in [0.15, 0.2) is 0 Å². The van der Waals surface area contributed by atoms with E-state index in [0.717, 1.165) is 12.8 Å². The van der Waals surface area contributed by atoms with E-state index in [1.54, 1.807) is 29.2 Å². The average Bonchev–Trinajstić information content (AvgIpc) is 2.83. The van der Waals surface area contributed by atoms with Crippen molar-refractivity contribution in [2.45, 2.75) is 43.8 Å². The highest BCUT2D eigenvalue weighted by molar-refractivity contribution is 7.92. The van der Waals surface area contributed by atoms with Gasteiger partial charge in [-0.25, -0.2) is 13.2 Å². The Labute approximate surface area is 223 Å². The number of halogens is 4. The second-order valence-corrected chi connectivity index (χ2v) is 10.8. The van der Waals surface area contributed by atoms with Gasteiger partial charge in [-0.1, -0.05) is 11.6 Å². The number of nitrogens with one attached hydrogen (secondary N) is 2. The van der Waals surface area contributed by atoms with E-state index >= 15 is 0 Å². The summed E-state index contributed by atoms with van der Waals surface area (Å²) in [4.78, 5) is 35.9. The molecule has 0 bridgehead atoms. The number of hydrogen-bond acceptors (Lipinski definition) is 5. The largest absolute Gasteiger partial charge is 0.490 e. The first kappa shape index (κ1) is 30.9. The summed E-state index contributed by atoms with van der Waals surface area (Å²) in [6, 6.07) is 12.2. The Morgan fingerprint density at radius 1 is 1.05 bits per heavy atom. The maximum absolute atomic E-state index is 12.9. The van der Waals surface area contributed by atoms with Crippen LogP contribution < -0.4 is 10.0 Å². The number of aliphatic carboxylic acids is 1. The van der Waals surface area contributed by atoms with E-state index in [-0.39, 0.29) is 28.7 Å². The molecular formula is C24H27ClF3N3O6S. The molecule has 208 valence electrons. The van der Waals surface area contributed by atoms with E-state index in [4.69, 9.17) is 21.5 Å². The molecule has 9 nitrogen and oxygen atoms in total. The fourth-order valence-corrected chi connectivity index (χ4v) is 4.65. The van der Waals surface area contributed by atoms with Gasteiger partial charge < -0.3 is 15.3 Å². The Kier molecular flexibility index (Phi) is 10.5. The molecule has 3 rings (SSSR count). The van der Waals surface area contributed by atoms with Crippen molar-refractivity contribution >= 4 is 45.1 Å². The maximum atomic E-state index is 12.9. The molecule has 2 aromatic carbocycles. The average molecular weight is 578 g/mol. The van der Waals surface area contributed by atoms with E-state index in [9.17, 15) is 31.2 Å². The molecule has 0 aliphatic carbocycles. The summed E-state index contributed by atoms with van der Waals surface area (Å²) in [6.45, 7) is 4.79. The first-order valence-corrected chi connectivity index (χ1v) is 13.2. The maximum Gasteiger partial charge on any atom is 0.490 e. The number of anilines is 1. The number of carboxylic acids is 1. The summed E-state index contributed by atoms with van der Waals surface area (Å²) in [7, 11) is -3.76. The molecule has 0 radical (unpaired) electrons. The minimum atomic E-state index is -5.08. The van der Waals surface area contributed by atoms with Crippen molar-refractivity contribution < 1.29 is 41.1 Å². The van der Waals surface area contributed by atoms with Crippen LogP contribution in [0.25, 0.3) is 0 Å². The highest BCUT2D eigenvalue weighted by Gasteiger charge is 2.38. The van der Waals surface area contributed by atoms with Gasteiger partial charge in [0.25, 0.3) is 15.9 Å². The lowest BCUT2D eigenvalue weighted by atomic mass is 9.96. The van der Waals surface area contributed by atoms with Crippen LogP contribution in [-0.2, 0) is 19.6 Å². The molecule has 1 unspecified atom stereocenters. The molecule has 38 heavy (non-hydrogen) atoms. The normalized spacial score (nSPS) is 15.8. The Morgan fingerprint density at radius 3 is 2.11 bits per heavy atom. The first-order valence-electron chi connectivity index (χ1n) is 11.4. The molecule has 1 aliphatic heterocycles. The van der Waals surface area contributed by atoms with Gasteiger partial charge in [0.2, 0.25) is 5.91 Å². The third kappa shape index (κ3) is 9.21. The number of carbonyl (C=O) groups is 3. The van der Waals surface area contributed by atoms with Crippen LogP contribution in [0, 0.1) is 5.92 Å². The molecule has 3 N–H and O–H groups in total. The van der Waals surface area contributed by atoms with Crippen LogP contribution in [0.15, 0.2) is 53.4 Å². The van der Waals surface area contributed by atoms with Gasteiger partial charge in [-0.05, 0) is 75.2 Å². The van der Waals surface area contributed by atoms with Crippen molar-refractivity contribution in [1.82, 2.24) is 10.2 Å². The van der Waals surface area contributed by atoms with Crippen molar-refractivity contribution in [3.8, 4) is 0 Å². The Morgan fingerprint density at radius 2 is 1.61 bits per heavy atom. The number of hydrogen-bond donors (Lipinski definition) is 3. The van der Waals surface area contributed by atoms with E-state index < -0.39 is 22.2 Å². The molecule has 14 heteroatoms. The number of alkyl halides is 3. The van der Waals surface area contributed by atoms with E-state index in [1.165, 1.54) is 24.3 Å². The third-order valence-electron chi connectivity index (χ3n) is 5.26. The van der Waals surface area contributed by atoms with Crippen molar-refractivity contribution in [2.24, 2.45) is 5.92 Å². The summed E-state index contributed by atoms with van der Waals surface area (Å²) in [6.07, 6.45) is -3.56. The van der Waals surface area contributed by atoms with Gasteiger partial charge in [0.05, 0.1) is 10.8 Å². The molecule has 1 aliphatic rings. The lowest BCUT2D eigenvalue weighted by Gasteiger charge is -2.32. The number of carbonyl (C=O) groups excluding carboxylic acids is 2. The third-order valence-corrected chi connectivity index (χ3v) is 6.91. The second-order valence-electron chi connectivity index (χ2n) is 8.69. The molecule has 0 spiro atoms. The van der Waals surface area contributed by atoms with Crippen molar-refractivity contribution in [1.29, 1.82) is 0 Å². The SMILES string of the molecule is CC(C)NC(=O)C1CCCN(C(=O)c2ccc(NS(=O)(=O)c3ccc(Cl)cc3)cc2)C1.O=C(O)C(F)(F)F. The number of likely N-dealkylation sites (tertiary alicyclic amines) is 1. The minimum absolute atomic E-state index is 0.0283. The number of rotatable bonds is 6. The predicted octanol–water partition coefficient (Wildman–Crippen LogP) is 4.15. The number of nitrogens with zero attached hydrogens (tertiary/aromatic N) is 1. The fraction of sp³-hybridized carbons (Fsp3) is 0.375. The summed E-state index contributed by atoms with van der Waals surface area (Å²) in [5, 5.41) is 10.5. The number of amides is 2. The molecule has 0 aromatic heterocycles. The standard InChI is InChI=1S/C22H26ClN3O4S.C2HF3O2/c1-15(2)24-21(27)17-4-3-13-26(14-17)22(28)16-5-9-19(10-6-16)25-31(29,30)20-11-7-18(23)8-12-20;3-2(4,5)1(6)7/h5-12,15,17,25H,3-4,13-14H2,1-2H3,(H,24,27);(H,6,7). The zero-order valence-corrected chi connectivity index (χ0v) is 22.0. The van der Waals surface area contributed by atoms with E-state index in [0.29, 0.717) is 29.4 Å². The molecule has 1 atom stereocenters. The van der Waals surface area contributed by atoms with Gasteiger partial charge in [0.1, 0.15) is 0 Å². The monoisotopic (exact) mass is 577 g/mol. The molecule has 2 aromatic rings. The number of piperidine rings is 1. The predicted molar refractivity (Wildman–Crippen MR) is 134 cm³/mol. The van der Waals surface area contributed by atoms with Crippen LogP contribution >= 0.6 is 11.6 Å². The quantitative estimate of drug-likeness (QED) is 0.472. The highest BCUT2D eigenvalue weighted by Crippen LogP contribution is 2.22. The number of benzene rings is 2. The zero-order chi connectivity index (χ0) is 28.7. The van der Waals surface area contributed by atoms with Crippen molar-refractivity contribution in [2.75, 3.05) is 17.8 Å². The second kappa shape index (κ2) is 13.0. The summed E-state index contributed by atoms with van der Waals surface area (Å²) in [5.74, 6) is -3.17. The molecule has 1 fully saturated rings. The molecule has 2 amide bonds. The summed E-state index contributed by atoms with van der Waals surface area (Å²) < 4.78 is 59.2. The smallest absolute Gasteiger partial charge is 0.475 e. The number of sulfonamides is 1. The summed E-state index contributed by atoms with van der Waals surface area (Å²) in [5.41, 5.74) is 0.790. The number of carboxylic acid groups (broad SMARTS) is 1. The van der Waals surface area contributed by atoms with Crippen molar-refractivity contribution in [3.05, 3.63) is 59.1 Å². The van der Waals surface area contributed by atoms with Crippen LogP contribution in [0.3, 0.4) is 0 Å². The molecular weight excluding hydrogens is 551 g/mol. The lowest BCUT2D eigenvalue weighted by molar-refractivity contribution is -0.192. The molecule has 0 saturated carbocycles. The van der Waals surface area contributed by atoms with Crippen LogP contribution in [-0.4, -0.2) is 61.5 Å². The van der Waals surface area contributed by atoms with E-state index in [2.05, 4.69) is 10.0 Å². The van der Waals surface area contributed by atoms with Gasteiger partial charge in [-0.2, -0.15) is 13.2 Å². The zero-order valence-electron chi connectivity index (χ0n) is 20.5. The van der Waals surface area contributed by atoms with Gasteiger partial charge in [-0.15, -0.1) is 0 Å². The topological polar surface area (TPSA) is 133 Å². The van der Waals surface area contributed by atoms with Crippen molar-refractivity contribution in [3.63, 3.8) is 0 Å². The molecule has 1 heterocycles. The van der Waals surface area contributed by atoms with E-state index in [1.807, 2.05) is 13.8 Å². The van der Waals surface area contributed by atoms with Crippen LogP contribution in [0.1, 0.15) is 37.0 Å². The highest BCUT2D eigenvalue weighted by atomic mass is 35.5. The first-order chi connectivity index (χ1) is 17.6. The Hall–Kier alpha value is -3.32. The minimum Gasteiger partial charge on any atom is -0.475 e.